The molecule has 0 fully saturated rings. The molecule has 0 aliphatic rings. The van der Waals surface area contributed by atoms with Crippen LogP contribution in [-0.2, 0) is 11.2 Å². The zero-order valence-corrected chi connectivity index (χ0v) is 21.4. The third-order valence-corrected chi connectivity index (χ3v) is 6.88. The molecule has 3 rings (SSSR count). The van der Waals surface area contributed by atoms with E-state index in [1.54, 1.807) is 0 Å². The van der Waals surface area contributed by atoms with Gasteiger partial charge < -0.3 is 9.64 Å². The Kier molecular flexibility index (Phi) is 10.2. The highest BCUT2D eigenvalue weighted by atomic mass is 35.5. The molecule has 8 heteroatoms. The highest BCUT2D eigenvalue weighted by molar-refractivity contribution is 7.23. The predicted octanol–water partition coefficient (Wildman–Crippen LogP) is 6.00. The first-order valence-electron chi connectivity index (χ1n) is 10.8. The van der Waals surface area contributed by atoms with Crippen LogP contribution in [0, 0.1) is 6.92 Å². The second-order valence-electron chi connectivity index (χ2n) is 7.36. The van der Waals surface area contributed by atoms with Crippen LogP contribution in [0.15, 0.2) is 36.4 Å². The summed E-state index contributed by atoms with van der Waals surface area (Å²) in [4.78, 5) is 22.3. The average molecular weight is 497 g/mol. The van der Waals surface area contributed by atoms with E-state index in [-0.39, 0.29) is 18.3 Å². The number of aryl methyl sites for hydroxylation is 1. The van der Waals surface area contributed by atoms with Gasteiger partial charge in [0.1, 0.15) is 5.75 Å². The van der Waals surface area contributed by atoms with E-state index in [0.717, 1.165) is 46.7 Å². The molecule has 1 heterocycles. The Bertz CT molecular complexity index is 981. The molecular weight excluding hydrogens is 465 g/mol. The number of hydrogen-bond donors (Lipinski definition) is 0. The number of amides is 1. The lowest BCUT2D eigenvalue weighted by atomic mass is 10.1. The van der Waals surface area contributed by atoms with Crippen molar-refractivity contribution >= 4 is 56.6 Å². The minimum Gasteiger partial charge on any atom is -0.494 e. The second kappa shape index (κ2) is 12.4. The first-order chi connectivity index (χ1) is 15.0. The number of halogens is 2. The maximum Gasteiger partial charge on any atom is 0.233 e. The molecule has 0 aliphatic heterocycles. The Morgan fingerprint density at radius 1 is 1.06 bits per heavy atom. The number of hydrogen-bond acceptors (Lipinski definition) is 5. The van der Waals surface area contributed by atoms with Crippen LogP contribution in [0.4, 0.5) is 5.13 Å². The summed E-state index contributed by atoms with van der Waals surface area (Å²) in [5.74, 6) is 0.845. The highest BCUT2D eigenvalue weighted by Gasteiger charge is 2.22. The standard InChI is InChI=1S/C24H30ClN3O2S.ClH/c1-5-27(6-2)14-15-28(21(29)16-18-9-11-19(12-10-18)30-7-3)24-26-22-17(4)8-13-20(25)23(22)31-24;/h8-13H,5-7,14-16H2,1-4H3;1H. The first kappa shape index (κ1) is 26.4. The van der Waals surface area contributed by atoms with Crippen LogP contribution in [0.1, 0.15) is 31.9 Å². The molecule has 0 saturated carbocycles. The minimum absolute atomic E-state index is 0. The van der Waals surface area contributed by atoms with Crippen LogP contribution in [-0.4, -0.2) is 48.6 Å². The summed E-state index contributed by atoms with van der Waals surface area (Å²) >= 11 is 7.90. The van der Waals surface area contributed by atoms with Crippen molar-refractivity contribution in [2.75, 3.05) is 37.7 Å². The minimum atomic E-state index is 0. The summed E-state index contributed by atoms with van der Waals surface area (Å²) in [5, 5.41) is 1.38. The van der Waals surface area contributed by atoms with Crippen LogP contribution < -0.4 is 9.64 Å². The largest absolute Gasteiger partial charge is 0.494 e. The van der Waals surface area contributed by atoms with Gasteiger partial charge in [-0.25, -0.2) is 4.98 Å². The van der Waals surface area contributed by atoms with Crippen molar-refractivity contribution < 1.29 is 9.53 Å². The summed E-state index contributed by atoms with van der Waals surface area (Å²) in [6, 6.07) is 11.6. The molecule has 0 radical (unpaired) electrons. The topological polar surface area (TPSA) is 45.7 Å². The molecule has 32 heavy (non-hydrogen) atoms. The van der Waals surface area contributed by atoms with E-state index >= 15 is 0 Å². The summed E-state index contributed by atoms with van der Waals surface area (Å²) in [5.41, 5.74) is 2.88. The number of anilines is 1. The van der Waals surface area contributed by atoms with Gasteiger partial charge in [0.25, 0.3) is 0 Å². The molecule has 0 aliphatic carbocycles. The third kappa shape index (κ3) is 6.35. The van der Waals surface area contributed by atoms with Gasteiger partial charge in [0, 0.05) is 13.1 Å². The molecule has 3 aromatic rings. The van der Waals surface area contributed by atoms with Crippen LogP contribution in [0.3, 0.4) is 0 Å². The molecule has 1 aromatic heterocycles. The zero-order chi connectivity index (χ0) is 22.4. The average Bonchev–Trinajstić information content (AvgIpc) is 3.22. The Labute approximate surface area is 205 Å². The molecule has 1 amide bonds. The van der Waals surface area contributed by atoms with E-state index in [4.69, 9.17) is 21.3 Å². The normalized spacial score (nSPS) is 10.9. The Morgan fingerprint density at radius 3 is 2.34 bits per heavy atom. The zero-order valence-electron chi connectivity index (χ0n) is 19.1. The molecule has 0 saturated heterocycles. The molecule has 5 nitrogen and oxygen atoms in total. The van der Waals surface area contributed by atoms with Gasteiger partial charge in [0.05, 0.1) is 28.3 Å². The molecular formula is C24H31Cl2N3O2S. The lowest BCUT2D eigenvalue weighted by molar-refractivity contribution is -0.118. The van der Waals surface area contributed by atoms with E-state index in [1.165, 1.54) is 11.3 Å². The number of rotatable bonds is 10. The van der Waals surface area contributed by atoms with E-state index < -0.39 is 0 Å². The molecule has 0 atom stereocenters. The Hall–Kier alpha value is -1.86. The van der Waals surface area contributed by atoms with Gasteiger partial charge in [-0.3, -0.25) is 9.69 Å². The molecule has 0 unspecified atom stereocenters. The van der Waals surface area contributed by atoms with Gasteiger partial charge in [-0.15, -0.1) is 12.4 Å². The van der Waals surface area contributed by atoms with Gasteiger partial charge in [0.2, 0.25) is 5.91 Å². The van der Waals surface area contributed by atoms with Crippen molar-refractivity contribution in [2.24, 2.45) is 0 Å². The van der Waals surface area contributed by atoms with Gasteiger partial charge in [-0.05, 0) is 56.3 Å². The molecule has 0 spiro atoms. The van der Waals surface area contributed by atoms with Gasteiger partial charge >= 0.3 is 0 Å². The molecule has 2 aromatic carbocycles. The van der Waals surface area contributed by atoms with Crippen molar-refractivity contribution in [3.05, 3.63) is 52.5 Å². The Morgan fingerprint density at radius 2 is 1.75 bits per heavy atom. The fourth-order valence-electron chi connectivity index (χ4n) is 3.45. The van der Waals surface area contributed by atoms with Crippen molar-refractivity contribution in [3.63, 3.8) is 0 Å². The molecule has 174 valence electrons. The number of fused-ring (bicyclic) bond motifs is 1. The molecule has 0 N–H and O–H groups in total. The fraction of sp³-hybridized carbons (Fsp3) is 0.417. The van der Waals surface area contributed by atoms with Crippen LogP contribution in [0.5, 0.6) is 5.75 Å². The second-order valence-corrected chi connectivity index (χ2v) is 8.75. The number of nitrogens with zero attached hydrogens (tertiary/aromatic N) is 3. The number of ether oxygens (including phenoxy) is 1. The number of likely N-dealkylation sites (N-methyl/N-ethyl adjacent to an activating group) is 1. The summed E-state index contributed by atoms with van der Waals surface area (Å²) in [7, 11) is 0. The number of carbonyl (C=O) groups excluding carboxylic acids is 1. The van der Waals surface area contributed by atoms with Crippen LogP contribution >= 0.6 is 35.3 Å². The molecule has 0 bridgehead atoms. The number of carbonyl (C=O) groups is 1. The first-order valence-corrected chi connectivity index (χ1v) is 12.0. The van der Waals surface area contributed by atoms with Crippen LogP contribution in [0.2, 0.25) is 5.02 Å². The summed E-state index contributed by atoms with van der Waals surface area (Å²) < 4.78 is 6.44. The van der Waals surface area contributed by atoms with E-state index in [9.17, 15) is 4.79 Å². The number of thiazole rings is 1. The maximum absolute atomic E-state index is 13.4. The predicted molar refractivity (Wildman–Crippen MR) is 138 cm³/mol. The van der Waals surface area contributed by atoms with E-state index in [1.807, 2.05) is 55.1 Å². The van der Waals surface area contributed by atoms with Crippen molar-refractivity contribution in [1.82, 2.24) is 9.88 Å². The monoisotopic (exact) mass is 495 g/mol. The third-order valence-electron chi connectivity index (χ3n) is 5.34. The van der Waals surface area contributed by atoms with Gasteiger partial charge in [-0.2, -0.15) is 0 Å². The summed E-state index contributed by atoms with van der Waals surface area (Å²) in [6.07, 6.45) is 0.313. The fourth-order valence-corrected chi connectivity index (χ4v) is 4.81. The van der Waals surface area contributed by atoms with E-state index in [2.05, 4.69) is 18.7 Å². The highest BCUT2D eigenvalue weighted by Crippen LogP contribution is 2.35. The SMILES string of the molecule is CCOc1ccc(CC(=O)N(CCN(CC)CC)c2nc3c(C)ccc(Cl)c3s2)cc1.Cl. The number of benzene rings is 2. The number of aromatic nitrogens is 1. The van der Waals surface area contributed by atoms with Crippen molar-refractivity contribution in [1.29, 1.82) is 0 Å². The quantitative estimate of drug-likeness (QED) is 0.346. The lowest BCUT2D eigenvalue weighted by Crippen LogP contribution is -2.39. The van der Waals surface area contributed by atoms with Gasteiger partial charge in [0.15, 0.2) is 5.13 Å². The smallest absolute Gasteiger partial charge is 0.233 e. The summed E-state index contributed by atoms with van der Waals surface area (Å²) in [6.45, 7) is 12.1. The van der Waals surface area contributed by atoms with Crippen molar-refractivity contribution in [3.8, 4) is 5.75 Å². The van der Waals surface area contributed by atoms with Gasteiger partial charge in [-0.1, -0.05) is 55.0 Å². The van der Waals surface area contributed by atoms with Crippen molar-refractivity contribution in [2.45, 2.75) is 34.1 Å². The maximum atomic E-state index is 13.4. The lowest BCUT2D eigenvalue weighted by Gasteiger charge is -2.24. The van der Waals surface area contributed by atoms with Crippen LogP contribution in [0.25, 0.3) is 10.2 Å². The van der Waals surface area contributed by atoms with E-state index in [0.29, 0.717) is 29.7 Å². The Balaban J connectivity index is 0.00000363.